The molecule has 0 spiro atoms. The van der Waals surface area contributed by atoms with E-state index in [1.54, 1.807) is 0 Å². The lowest BCUT2D eigenvalue weighted by atomic mass is 10.2. The van der Waals surface area contributed by atoms with Gasteiger partial charge in [-0.25, -0.2) is 22.3 Å². The van der Waals surface area contributed by atoms with Crippen molar-refractivity contribution >= 4 is 38.9 Å². The van der Waals surface area contributed by atoms with E-state index in [2.05, 4.69) is 10.6 Å². The van der Waals surface area contributed by atoms with Crippen molar-refractivity contribution in [2.45, 2.75) is 4.90 Å². The topological polar surface area (TPSA) is 101 Å². The molecule has 2 aromatic carbocycles. The third-order valence-corrected chi connectivity index (χ3v) is 3.98. The Morgan fingerprint density at radius 1 is 1.04 bits per heavy atom. The molecule has 0 fully saturated rings. The van der Waals surface area contributed by atoms with E-state index >= 15 is 0 Å². The summed E-state index contributed by atoms with van der Waals surface area (Å²) in [5.74, 6) is -2.95. The summed E-state index contributed by atoms with van der Waals surface area (Å²) in [6.07, 6.45) is 0. The summed E-state index contributed by atoms with van der Waals surface area (Å²) in [5, 5.41) is 9.80. The highest BCUT2D eigenvalue weighted by molar-refractivity contribution is 7.89. The molecule has 2 aromatic rings. The molecule has 0 aliphatic heterocycles. The average molecular weight is 371 g/mol. The number of carbonyl (C=O) groups excluding carboxylic acids is 1. The van der Waals surface area contributed by atoms with Crippen molar-refractivity contribution in [2.24, 2.45) is 5.14 Å². The van der Waals surface area contributed by atoms with E-state index in [0.29, 0.717) is 5.69 Å². The van der Waals surface area contributed by atoms with Crippen molar-refractivity contribution in [3.05, 3.63) is 59.7 Å². The lowest BCUT2D eigenvalue weighted by Crippen LogP contribution is -2.34. The maximum absolute atomic E-state index is 13.1. The summed E-state index contributed by atoms with van der Waals surface area (Å²) in [5.41, 5.74) is 0.292. The van der Waals surface area contributed by atoms with Crippen LogP contribution in [0.25, 0.3) is 0 Å². The number of thiocarbonyl (C=S) groups is 1. The number of hydrogen-bond donors (Lipinski definition) is 3. The minimum atomic E-state index is -3.81. The van der Waals surface area contributed by atoms with Gasteiger partial charge < -0.3 is 5.32 Å². The van der Waals surface area contributed by atoms with Gasteiger partial charge in [0.2, 0.25) is 10.0 Å². The zero-order valence-electron chi connectivity index (χ0n) is 11.9. The Bertz CT molecular complexity index is 900. The first-order valence-corrected chi connectivity index (χ1v) is 8.32. The largest absolute Gasteiger partial charge is 0.332 e. The number of amides is 1. The highest BCUT2D eigenvalue weighted by Crippen LogP contribution is 2.13. The molecular formula is C14H11F2N3O3S2. The third kappa shape index (κ3) is 4.54. The molecule has 0 aliphatic carbocycles. The van der Waals surface area contributed by atoms with Crippen LogP contribution in [0, 0.1) is 11.6 Å². The standard InChI is InChI=1S/C14H11F2N3O3S2/c15-11-6-1-8(7-12(11)16)13(20)19-14(23)18-9-2-4-10(5-3-9)24(17,21)22/h1-7H,(H2,17,21,22)(H2,18,19,20,23). The molecule has 24 heavy (non-hydrogen) atoms. The maximum atomic E-state index is 13.1. The van der Waals surface area contributed by atoms with Crippen molar-refractivity contribution in [3.63, 3.8) is 0 Å². The smallest absolute Gasteiger partial charge is 0.257 e. The first-order chi connectivity index (χ1) is 11.2. The lowest BCUT2D eigenvalue weighted by molar-refractivity contribution is 0.0977. The van der Waals surface area contributed by atoms with Crippen molar-refractivity contribution < 1.29 is 22.0 Å². The Morgan fingerprint density at radius 3 is 2.21 bits per heavy atom. The van der Waals surface area contributed by atoms with Gasteiger partial charge in [-0.2, -0.15) is 0 Å². The van der Waals surface area contributed by atoms with Gasteiger partial charge in [0.15, 0.2) is 16.7 Å². The van der Waals surface area contributed by atoms with Gasteiger partial charge in [-0.15, -0.1) is 0 Å². The van der Waals surface area contributed by atoms with Crippen LogP contribution in [-0.2, 0) is 10.0 Å². The Morgan fingerprint density at radius 2 is 1.67 bits per heavy atom. The summed E-state index contributed by atoms with van der Waals surface area (Å²) in [7, 11) is -3.81. The van der Waals surface area contributed by atoms with Crippen LogP contribution >= 0.6 is 12.2 Å². The number of nitrogens with one attached hydrogen (secondary N) is 2. The van der Waals surface area contributed by atoms with E-state index in [1.165, 1.54) is 24.3 Å². The Hall–Kier alpha value is -2.43. The number of hydrogen-bond acceptors (Lipinski definition) is 4. The minimum Gasteiger partial charge on any atom is -0.332 e. The van der Waals surface area contributed by atoms with Crippen LogP contribution < -0.4 is 15.8 Å². The Kier molecular flexibility index (Phi) is 5.22. The Balaban J connectivity index is 2.02. The number of rotatable bonds is 3. The molecule has 0 atom stereocenters. The fourth-order valence-electron chi connectivity index (χ4n) is 1.70. The first kappa shape index (κ1) is 17.9. The van der Waals surface area contributed by atoms with Crippen LogP contribution in [0.4, 0.5) is 14.5 Å². The molecule has 6 nitrogen and oxygen atoms in total. The summed E-state index contributed by atoms with van der Waals surface area (Å²) >= 11 is 4.92. The average Bonchev–Trinajstić information content (AvgIpc) is 2.49. The van der Waals surface area contributed by atoms with Crippen LogP contribution in [0.3, 0.4) is 0 Å². The second kappa shape index (κ2) is 6.99. The molecule has 1 amide bonds. The second-order valence-corrected chi connectivity index (χ2v) is 6.58. The zero-order chi connectivity index (χ0) is 17.9. The molecule has 0 saturated heterocycles. The van der Waals surface area contributed by atoms with Crippen molar-refractivity contribution in [1.82, 2.24) is 5.32 Å². The van der Waals surface area contributed by atoms with Crippen LogP contribution in [-0.4, -0.2) is 19.4 Å². The number of primary sulfonamides is 1. The second-order valence-electron chi connectivity index (χ2n) is 4.61. The van der Waals surface area contributed by atoms with Crippen LogP contribution in [0.2, 0.25) is 0 Å². The summed E-state index contributed by atoms with van der Waals surface area (Å²) in [6, 6.07) is 8.00. The number of anilines is 1. The lowest BCUT2D eigenvalue weighted by Gasteiger charge is -2.10. The molecule has 126 valence electrons. The van der Waals surface area contributed by atoms with Gasteiger partial charge in [0.25, 0.3) is 5.91 Å². The number of halogens is 2. The predicted octanol–water partition coefficient (Wildman–Crippen LogP) is 1.74. The van der Waals surface area contributed by atoms with Gasteiger partial charge in [0.1, 0.15) is 0 Å². The van der Waals surface area contributed by atoms with Gasteiger partial charge in [-0.05, 0) is 54.7 Å². The van der Waals surface area contributed by atoms with Gasteiger partial charge in [0.05, 0.1) is 4.90 Å². The van der Waals surface area contributed by atoms with Crippen molar-refractivity contribution in [1.29, 1.82) is 0 Å². The molecule has 0 aliphatic rings. The highest BCUT2D eigenvalue weighted by atomic mass is 32.2. The number of nitrogens with two attached hydrogens (primary N) is 1. The molecule has 10 heteroatoms. The van der Waals surface area contributed by atoms with E-state index in [-0.39, 0.29) is 15.6 Å². The number of carbonyl (C=O) groups is 1. The number of sulfonamides is 1. The normalized spacial score (nSPS) is 11.0. The van der Waals surface area contributed by atoms with Crippen LogP contribution in [0.5, 0.6) is 0 Å². The monoisotopic (exact) mass is 371 g/mol. The van der Waals surface area contributed by atoms with Crippen molar-refractivity contribution in [2.75, 3.05) is 5.32 Å². The Labute approximate surface area is 141 Å². The molecule has 4 N–H and O–H groups in total. The molecule has 2 rings (SSSR count). The molecule has 0 radical (unpaired) electrons. The van der Waals surface area contributed by atoms with E-state index < -0.39 is 27.6 Å². The SMILES string of the molecule is NS(=O)(=O)c1ccc(NC(=S)NC(=O)c2ccc(F)c(F)c2)cc1. The van der Waals surface area contributed by atoms with Gasteiger partial charge in [-0.1, -0.05) is 0 Å². The van der Waals surface area contributed by atoms with Gasteiger partial charge >= 0.3 is 0 Å². The van der Waals surface area contributed by atoms with Crippen molar-refractivity contribution in [3.8, 4) is 0 Å². The number of benzene rings is 2. The van der Waals surface area contributed by atoms with E-state index in [0.717, 1.165) is 18.2 Å². The maximum Gasteiger partial charge on any atom is 0.257 e. The van der Waals surface area contributed by atoms with E-state index in [1.807, 2.05) is 0 Å². The summed E-state index contributed by atoms with van der Waals surface area (Å²) < 4.78 is 48.2. The van der Waals surface area contributed by atoms with Crippen LogP contribution in [0.1, 0.15) is 10.4 Å². The quantitative estimate of drug-likeness (QED) is 0.714. The third-order valence-electron chi connectivity index (χ3n) is 2.85. The summed E-state index contributed by atoms with van der Waals surface area (Å²) in [4.78, 5) is 11.8. The first-order valence-electron chi connectivity index (χ1n) is 6.37. The van der Waals surface area contributed by atoms with E-state index in [9.17, 15) is 22.0 Å². The van der Waals surface area contributed by atoms with Gasteiger partial charge in [0, 0.05) is 11.3 Å². The van der Waals surface area contributed by atoms with Gasteiger partial charge in [-0.3, -0.25) is 10.1 Å². The molecule has 0 heterocycles. The fourth-order valence-corrected chi connectivity index (χ4v) is 2.43. The molecule has 0 bridgehead atoms. The fraction of sp³-hybridized carbons (Fsp3) is 0. The minimum absolute atomic E-state index is 0.0789. The molecular weight excluding hydrogens is 360 g/mol. The molecule has 0 saturated carbocycles. The predicted molar refractivity (Wildman–Crippen MR) is 87.9 cm³/mol. The zero-order valence-corrected chi connectivity index (χ0v) is 13.5. The molecule has 0 unspecified atom stereocenters. The van der Waals surface area contributed by atoms with E-state index in [4.69, 9.17) is 17.4 Å². The summed E-state index contributed by atoms with van der Waals surface area (Å²) in [6.45, 7) is 0. The van der Waals surface area contributed by atoms with Crippen LogP contribution in [0.15, 0.2) is 47.4 Å². The molecule has 0 aromatic heterocycles. The highest BCUT2D eigenvalue weighted by Gasteiger charge is 2.12.